The summed E-state index contributed by atoms with van der Waals surface area (Å²) in [5, 5.41) is 12.9. The fourth-order valence-electron chi connectivity index (χ4n) is 1.52. The Balaban J connectivity index is 2.26. The van der Waals surface area contributed by atoms with Gasteiger partial charge >= 0.3 is 0 Å². The highest BCUT2D eigenvalue weighted by atomic mass is 32.2. The Morgan fingerprint density at radius 2 is 2.15 bits per heavy atom. The van der Waals surface area contributed by atoms with Gasteiger partial charge in [-0.15, -0.1) is 11.8 Å². The van der Waals surface area contributed by atoms with Gasteiger partial charge in [-0.05, 0) is 12.1 Å². The molecule has 0 unspecified atom stereocenters. The highest BCUT2D eigenvalue weighted by molar-refractivity contribution is 7.99. The molecule has 0 spiro atoms. The van der Waals surface area contributed by atoms with Crippen LogP contribution in [0.25, 0.3) is 11.5 Å². The standard InChI is InChI=1S/C14H14FN3OS/c1-14(2,3)20-8-12-17-13(19-18-12)9-5-4-6-11(15)10(9)7-16/h4-6H,8H2,1-3H3. The van der Waals surface area contributed by atoms with Crippen LogP contribution in [0.15, 0.2) is 22.7 Å². The van der Waals surface area contributed by atoms with E-state index in [-0.39, 0.29) is 16.2 Å². The van der Waals surface area contributed by atoms with Crippen molar-refractivity contribution in [2.45, 2.75) is 31.3 Å². The van der Waals surface area contributed by atoms with Crippen molar-refractivity contribution in [2.75, 3.05) is 0 Å². The molecule has 0 radical (unpaired) electrons. The van der Waals surface area contributed by atoms with E-state index in [1.807, 2.05) is 6.07 Å². The third kappa shape index (κ3) is 3.36. The van der Waals surface area contributed by atoms with Gasteiger partial charge in [-0.25, -0.2) is 4.39 Å². The van der Waals surface area contributed by atoms with Crippen LogP contribution in [-0.4, -0.2) is 14.9 Å². The van der Waals surface area contributed by atoms with Crippen LogP contribution in [0.1, 0.15) is 32.2 Å². The van der Waals surface area contributed by atoms with Crippen molar-refractivity contribution >= 4 is 11.8 Å². The van der Waals surface area contributed by atoms with E-state index in [1.165, 1.54) is 12.1 Å². The van der Waals surface area contributed by atoms with Crippen molar-refractivity contribution in [2.24, 2.45) is 0 Å². The zero-order valence-electron chi connectivity index (χ0n) is 11.5. The highest BCUT2D eigenvalue weighted by Crippen LogP contribution is 2.28. The predicted octanol–water partition coefficient (Wildman–Crippen LogP) is 3.78. The van der Waals surface area contributed by atoms with Gasteiger partial charge in [0.25, 0.3) is 5.89 Å². The molecule has 0 aliphatic rings. The second-order valence-electron chi connectivity index (χ2n) is 5.19. The predicted molar refractivity (Wildman–Crippen MR) is 75.5 cm³/mol. The number of rotatable bonds is 3. The first kappa shape index (κ1) is 14.5. The molecule has 6 heteroatoms. The first-order valence-corrected chi connectivity index (χ1v) is 7.05. The number of halogens is 1. The summed E-state index contributed by atoms with van der Waals surface area (Å²) in [6.07, 6.45) is 0. The van der Waals surface area contributed by atoms with Gasteiger partial charge in [0.1, 0.15) is 17.4 Å². The van der Waals surface area contributed by atoms with E-state index in [4.69, 9.17) is 9.78 Å². The maximum atomic E-state index is 13.5. The zero-order chi connectivity index (χ0) is 14.8. The second kappa shape index (κ2) is 5.63. The molecule has 0 aliphatic heterocycles. The summed E-state index contributed by atoms with van der Waals surface area (Å²) in [4.78, 5) is 4.22. The number of hydrogen-bond donors (Lipinski definition) is 0. The van der Waals surface area contributed by atoms with Crippen molar-refractivity contribution in [1.29, 1.82) is 5.26 Å². The van der Waals surface area contributed by atoms with Crippen molar-refractivity contribution in [3.8, 4) is 17.5 Å². The second-order valence-corrected chi connectivity index (χ2v) is 6.99. The fraction of sp³-hybridized carbons (Fsp3) is 0.357. The number of nitrogens with zero attached hydrogens (tertiary/aromatic N) is 3. The van der Waals surface area contributed by atoms with Gasteiger partial charge in [-0.1, -0.05) is 32.0 Å². The van der Waals surface area contributed by atoms with Gasteiger partial charge in [-0.2, -0.15) is 10.2 Å². The van der Waals surface area contributed by atoms with Crippen LogP contribution in [0.2, 0.25) is 0 Å². The van der Waals surface area contributed by atoms with Gasteiger partial charge in [0, 0.05) is 4.75 Å². The topological polar surface area (TPSA) is 62.7 Å². The van der Waals surface area contributed by atoms with E-state index in [2.05, 4.69) is 30.9 Å². The first-order chi connectivity index (χ1) is 9.40. The van der Waals surface area contributed by atoms with Crippen LogP contribution >= 0.6 is 11.8 Å². The molecular formula is C14H14FN3OS. The van der Waals surface area contributed by atoms with Crippen molar-refractivity contribution in [3.05, 3.63) is 35.4 Å². The smallest absolute Gasteiger partial charge is 0.259 e. The van der Waals surface area contributed by atoms with E-state index in [0.29, 0.717) is 17.1 Å². The minimum absolute atomic E-state index is 0.0776. The Bertz CT molecular complexity index is 655. The van der Waals surface area contributed by atoms with Crippen LogP contribution in [0.4, 0.5) is 4.39 Å². The van der Waals surface area contributed by atoms with Gasteiger partial charge < -0.3 is 4.52 Å². The molecule has 0 N–H and O–H groups in total. The molecule has 0 saturated heterocycles. The molecule has 0 bridgehead atoms. The van der Waals surface area contributed by atoms with E-state index in [9.17, 15) is 4.39 Å². The lowest BCUT2D eigenvalue weighted by molar-refractivity contribution is 0.424. The van der Waals surface area contributed by atoms with E-state index in [0.717, 1.165) is 0 Å². The van der Waals surface area contributed by atoms with Crippen LogP contribution in [0.5, 0.6) is 0 Å². The van der Waals surface area contributed by atoms with Crippen molar-refractivity contribution in [3.63, 3.8) is 0 Å². The molecule has 1 aromatic heterocycles. The largest absolute Gasteiger partial charge is 0.334 e. The lowest BCUT2D eigenvalue weighted by Crippen LogP contribution is -2.07. The quantitative estimate of drug-likeness (QED) is 0.861. The highest BCUT2D eigenvalue weighted by Gasteiger charge is 2.17. The number of thioether (sulfide) groups is 1. The zero-order valence-corrected chi connectivity index (χ0v) is 12.3. The molecule has 104 valence electrons. The number of aromatic nitrogens is 2. The Hall–Kier alpha value is -1.87. The number of nitriles is 1. The molecule has 20 heavy (non-hydrogen) atoms. The van der Waals surface area contributed by atoms with E-state index in [1.54, 1.807) is 17.8 Å². The average molecular weight is 291 g/mol. The summed E-state index contributed by atoms with van der Waals surface area (Å²) in [6, 6.07) is 6.16. The molecule has 0 atom stereocenters. The minimum atomic E-state index is -0.589. The van der Waals surface area contributed by atoms with Crippen molar-refractivity contribution < 1.29 is 8.91 Å². The van der Waals surface area contributed by atoms with Gasteiger partial charge in [-0.3, -0.25) is 0 Å². The van der Waals surface area contributed by atoms with Crippen molar-refractivity contribution in [1.82, 2.24) is 10.1 Å². The lowest BCUT2D eigenvalue weighted by atomic mass is 10.1. The molecule has 0 amide bonds. The molecule has 2 aromatic rings. The Morgan fingerprint density at radius 3 is 2.80 bits per heavy atom. The molecule has 0 saturated carbocycles. The van der Waals surface area contributed by atoms with E-state index < -0.39 is 5.82 Å². The van der Waals surface area contributed by atoms with E-state index >= 15 is 0 Å². The minimum Gasteiger partial charge on any atom is -0.334 e. The van der Waals surface area contributed by atoms with Gasteiger partial charge in [0.05, 0.1) is 11.3 Å². The SMILES string of the molecule is CC(C)(C)SCc1noc(-c2cccc(F)c2C#N)n1. The molecular weight excluding hydrogens is 277 g/mol. The van der Waals surface area contributed by atoms with Crippen LogP contribution in [-0.2, 0) is 5.75 Å². The molecule has 2 rings (SSSR count). The summed E-state index contributed by atoms with van der Waals surface area (Å²) in [5.74, 6) is 0.719. The maximum Gasteiger partial charge on any atom is 0.259 e. The normalized spacial score (nSPS) is 11.3. The summed E-state index contributed by atoms with van der Waals surface area (Å²) < 4.78 is 18.7. The fourth-order valence-corrected chi connectivity index (χ4v) is 2.20. The van der Waals surface area contributed by atoms with Crippen LogP contribution in [0, 0.1) is 17.1 Å². The average Bonchev–Trinajstić information content (AvgIpc) is 2.84. The molecule has 0 aliphatic carbocycles. The Kier molecular flexibility index (Phi) is 4.09. The maximum absolute atomic E-state index is 13.5. The summed E-state index contributed by atoms with van der Waals surface area (Å²) in [6.45, 7) is 6.29. The van der Waals surface area contributed by atoms with Gasteiger partial charge in [0.15, 0.2) is 5.82 Å². The van der Waals surface area contributed by atoms with Gasteiger partial charge in [0.2, 0.25) is 0 Å². The molecule has 1 aromatic carbocycles. The summed E-state index contributed by atoms with van der Waals surface area (Å²) in [7, 11) is 0. The Labute approximate surface area is 121 Å². The van der Waals surface area contributed by atoms with Crippen LogP contribution < -0.4 is 0 Å². The number of hydrogen-bond acceptors (Lipinski definition) is 5. The Morgan fingerprint density at radius 1 is 1.40 bits per heavy atom. The first-order valence-electron chi connectivity index (χ1n) is 6.06. The molecule has 0 fully saturated rings. The monoisotopic (exact) mass is 291 g/mol. The lowest BCUT2D eigenvalue weighted by Gasteiger charge is -2.15. The van der Waals surface area contributed by atoms with Crippen LogP contribution in [0.3, 0.4) is 0 Å². The molecule has 4 nitrogen and oxygen atoms in total. The third-order valence-corrected chi connectivity index (χ3v) is 3.73. The summed E-state index contributed by atoms with van der Waals surface area (Å²) in [5.41, 5.74) is 0.248. The molecule has 1 heterocycles. The third-order valence-electron chi connectivity index (χ3n) is 2.46. The summed E-state index contributed by atoms with van der Waals surface area (Å²) >= 11 is 1.68. The number of benzene rings is 1.